The second-order valence-electron chi connectivity index (χ2n) is 5.36. The summed E-state index contributed by atoms with van der Waals surface area (Å²) in [5, 5.41) is 3.62. The van der Waals surface area contributed by atoms with Gasteiger partial charge in [0.05, 0.1) is 0 Å². The molecule has 1 atom stereocenters. The summed E-state index contributed by atoms with van der Waals surface area (Å²) in [6, 6.07) is 9.50. The van der Waals surface area contributed by atoms with Crippen LogP contribution in [0.5, 0.6) is 0 Å². The highest BCUT2D eigenvalue weighted by Crippen LogP contribution is 2.25. The Morgan fingerprint density at radius 1 is 1.33 bits per heavy atom. The van der Waals surface area contributed by atoms with E-state index in [9.17, 15) is 0 Å². The first-order valence-corrected chi connectivity index (χ1v) is 7.37. The minimum Gasteiger partial charge on any atom is -0.370 e. The largest absolute Gasteiger partial charge is 0.370 e. The van der Waals surface area contributed by atoms with Crippen molar-refractivity contribution in [2.24, 2.45) is 0 Å². The number of hydrogen-bond acceptors (Lipinski definition) is 2. The number of benzene rings is 1. The molecule has 2 rings (SSSR count). The van der Waals surface area contributed by atoms with Crippen LogP contribution in [0.3, 0.4) is 0 Å². The third-order valence-electron chi connectivity index (χ3n) is 3.80. The van der Waals surface area contributed by atoms with E-state index in [0.29, 0.717) is 6.04 Å². The molecule has 1 aromatic carbocycles. The molecule has 18 heavy (non-hydrogen) atoms. The molecule has 1 aliphatic heterocycles. The fraction of sp³-hybridized carbons (Fsp3) is 0.625. The van der Waals surface area contributed by atoms with E-state index in [-0.39, 0.29) is 0 Å². The summed E-state index contributed by atoms with van der Waals surface area (Å²) in [5.74, 6) is 0. The van der Waals surface area contributed by atoms with Crippen LogP contribution >= 0.6 is 0 Å². The number of nitrogens with zero attached hydrogens (tertiary/aromatic N) is 1. The molecule has 0 aliphatic carbocycles. The van der Waals surface area contributed by atoms with Gasteiger partial charge in [-0.05, 0) is 37.8 Å². The van der Waals surface area contributed by atoms with E-state index < -0.39 is 0 Å². The number of para-hydroxylation sites is 1. The molecule has 0 saturated carbocycles. The molecule has 100 valence electrons. The lowest BCUT2D eigenvalue weighted by Gasteiger charge is -2.31. The summed E-state index contributed by atoms with van der Waals surface area (Å²) in [4.78, 5) is 2.53. The van der Waals surface area contributed by atoms with E-state index in [0.717, 1.165) is 13.1 Å². The van der Waals surface area contributed by atoms with Crippen molar-refractivity contribution in [3.05, 3.63) is 29.8 Å². The van der Waals surface area contributed by atoms with E-state index in [1.54, 1.807) is 0 Å². The second kappa shape index (κ2) is 6.79. The molecule has 1 aromatic rings. The molecule has 0 bridgehead atoms. The van der Waals surface area contributed by atoms with Gasteiger partial charge in [-0.25, -0.2) is 0 Å². The number of fused-ring (bicyclic) bond motifs is 1. The maximum absolute atomic E-state index is 3.62. The molecule has 1 N–H and O–H groups in total. The van der Waals surface area contributed by atoms with Gasteiger partial charge >= 0.3 is 0 Å². The van der Waals surface area contributed by atoms with E-state index in [1.807, 2.05) is 0 Å². The zero-order valence-corrected chi connectivity index (χ0v) is 11.8. The van der Waals surface area contributed by atoms with Crippen molar-refractivity contribution in [3.63, 3.8) is 0 Å². The zero-order chi connectivity index (χ0) is 12.8. The standard InChI is InChI=1S/C16H26N2/c1-3-7-14(2)17-11-13-18-12-6-9-15-8-4-5-10-16(15)18/h4-5,8,10,14,17H,3,6-7,9,11-13H2,1-2H3. The van der Waals surface area contributed by atoms with Crippen LogP contribution in [0.15, 0.2) is 24.3 Å². The van der Waals surface area contributed by atoms with Gasteiger partial charge in [0.1, 0.15) is 0 Å². The van der Waals surface area contributed by atoms with Gasteiger partial charge < -0.3 is 10.2 Å². The Morgan fingerprint density at radius 3 is 3.00 bits per heavy atom. The first kappa shape index (κ1) is 13.4. The van der Waals surface area contributed by atoms with Crippen molar-refractivity contribution < 1.29 is 0 Å². The van der Waals surface area contributed by atoms with Crippen LogP contribution in [0.2, 0.25) is 0 Å². The Kier molecular flexibility index (Phi) is 5.06. The fourth-order valence-electron chi connectivity index (χ4n) is 2.82. The van der Waals surface area contributed by atoms with Crippen molar-refractivity contribution >= 4 is 5.69 Å². The summed E-state index contributed by atoms with van der Waals surface area (Å²) >= 11 is 0. The van der Waals surface area contributed by atoms with Crippen molar-refractivity contribution in [1.29, 1.82) is 0 Å². The quantitative estimate of drug-likeness (QED) is 0.829. The van der Waals surface area contributed by atoms with Gasteiger partial charge in [0.15, 0.2) is 0 Å². The highest BCUT2D eigenvalue weighted by atomic mass is 15.2. The highest BCUT2D eigenvalue weighted by molar-refractivity contribution is 5.55. The SMILES string of the molecule is CCCC(C)NCCN1CCCc2ccccc21. The van der Waals surface area contributed by atoms with Crippen molar-refractivity contribution in [2.75, 3.05) is 24.5 Å². The van der Waals surface area contributed by atoms with Gasteiger partial charge in [-0.1, -0.05) is 31.5 Å². The molecule has 0 aromatic heterocycles. The highest BCUT2D eigenvalue weighted by Gasteiger charge is 2.15. The van der Waals surface area contributed by atoms with Crippen LogP contribution in [0.4, 0.5) is 5.69 Å². The average molecular weight is 246 g/mol. The van der Waals surface area contributed by atoms with E-state index in [1.165, 1.54) is 43.5 Å². The minimum absolute atomic E-state index is 0.648. The Balaban J connectivity index is 1.84. The Hall–Kier alpha value is -1.02. The number of rotatable bonds is 6. The van der Waals surface area contributed by atoms with Crippen LogP contribution in [-0.2, 0) is 6.42 Å². The van der Waals surface area contributed by atoms with Crippen molar-refractivity contribution in [1.82, 2.24) is 5.32 Å². The summed E-state index contributed by atoms with van der Waals surface area (Å²) in [5.41, 5.74) is 2.97. The fourth-order valence-corrected chi connectivity index (χ4v) is 2.82. The second-order valence-corrected chi connectivity index (χ2v) is 5.36. The van der Waals surface area contributed by atoms with Crippen LogP contribution in [0.1, 0.15) is 38.7 Å². The summed E-state index contributed by atoms with van der Waals surface area (Å²) < 4.78 is 0. The molecule has 0 radical (unpaired) electrons. The Labute approximate surface area is 111 Å². The molecule has 2 heteroatoms. The van der Waals surface area contributed by atoms with Crippen LogP contribution in [-0.4, -0.2) is 25.7 Å². The Morgan fingerprint density at radius 2 is 2.17 bits per heavy atom. The lowest BCUT2D eigenvalue weighted by atomic mass is 10.0. The predicted octanol–water partition coefficient (Wildman–Crippen LogP) is 3.22. The van der Waals surface area contributed by atoms with Crippen molar-refractivity contribution in [2.45, 2.75) is 45.6 Å². The first-order chi connectivity index (χ1) is 8.81. The summed E-state index contributed by atoms with van der Waals surface area (Å²) in [6.45, 7) is 7.97. The number of anilines is 1. The zero-order valence-electron chi connectivity index (χ0n) is 11.8. The number of hydrogen-bond donors (Lipinski definition) is 1. The molecule has 0 saturated heterocycles. The van der Waals surface area contributed by atoms with Crippen LogP contribution in [0, 0.1) is 0 Å². The monoisotopic (exact) mass is 246 g/mol. The normalized spacial score (nSPS) is 16.4. The first-order valence-electron chi connectivity index (χ1n) is 7.37. The molecule has 0 spiro atoms. The molecule has 1 aliphatic rings. The van der Waals surface area contributed by atoms with Gasteiger partial charge in [-0.2, -0.15) is 0 Å². The lowest BCUT2D eigenvalue weighted by molar-refractivity contribution is 0.506. The number of aryl methyl sites for hydroxylation is 1. The average Bonchev–Trinajstić information content (AvgIpc) is 2.39. The summed E-state index contributed by atoms with van der Waals surface area (Å²) in [7, 11) is 0. The third-order valence-corrected chi connectivity index (χ3v) is 3.80. The van der Waals surface area contributed by atoms with E-state index in [4.69, 9.17) is 0 Å². The lowest BCUT2D eigenvalue weighted by Crippen LogP contribution is -2.38. The molecule has 0 fully saturated rings. The van der Waals surface area contributed by atoms with Gasteiger partial charge in [-0.15, -0.1) is 0 Å². The van der Waals surface area contributed by atoms with Crippen LogP contribution < -0.4 is 10.2 Å². The topological polar surface area (TPSA) is 15.3 Å². The predicted molar refractivity (Wildman–Crippen MR) is 79.3 cm³/mol. The van der Waals surface area contributed by atoms with Gasteiger partial charge in [0.2, 0.25) is 0 Å². The maximum atomic E-state index is 3.62. The van der Waals surface area contributed by atoms with Crippen LogP contribution in [0.25, 0.3) is 0 Å². The minimum atomic E-state index is 0.648. The summed E-state index contributed by atoms with van der Waals surface area (Å²) in [6.07, 6.45) is 5.07. The van der Waals surface area contributed by atoms with Gasteiger partial charge in [0.25, 0.3) is 0 Å². The molecule has 2 nitrogen and oxygen atoms in total. The number of nitrogens with one attached hydrogen (secondary N) is 1. The molecular formula is C16H26N2. The smallest absolute Gasteiger partial charge is 0.0399 e. The molecule has 0 amide bonds. The molecule has 1 unspecified atom stereocenters. The van der Waals surface area contributed by atoms with Gasteiger partial charge in [0, 0.05) is 31.4 Å². The van der Waals surface area contributed by atoms with E-state index in [2.05, 4.69) is 48.3 Å². The van der Waals surface area contributed by atoms with Gasteiger partial charge in [-0.3, -0.25) is 0 Å². The Bertz CT molecular complexity index is 362. The van der Waals surface area contributed by atoms with Crippen molar-refractivity contribution in [3.8, 4) is 0 Å². The third kappa shape index (κ3) is 3.49. The molecular weight excluding hydrogens is 220 g/mol. The molecule has 1 heterocycles. The van der Waals surface area contributed by atoms with E-state index >= 15 is 0 Å². The maximum Gasteiger partial charge on any atom is 0.0399 e.